The number of likely N-dealkylation sites (tertiary alicyclic amines) is 1. The number of nitrogens with two attached hydrogens (primary N) is 1. The van der Waals surface area contributed by atoms with Crippen molar-refractivity contribution in [2.75, 3.05) is 6.54 Å². The quantitative estimate of drug-likeness (QED) is 0.350. The van der Waals surface area contributed by atoms with Crippen LogP contribution in [0.5, 0.6) is 0 Å². The number of rotatable bonds is 9. The van der Waals surface area contributed by atoms with E-state index in [0.29, 0.717) is 19.4 Å². The van der Waals surface area contributed by atoms with Gasteiger partial charge < -0.3 is 26.6 Å². The van der Waals surface area contributed by atoms with E-state index in [-0.39, 0.29) is 23.7 Å². The van der Waals surface area contributed by atoms with Crippen LogP contribution in [-0.2, 0) is 19.2 Å². The second-order valence-corrected chi connectivity index (χ2v) is 12.8. The van der Waals surface area contributed by atoms with E-state index in [1.165, 1.54) is 4.90 Å². The van der Waals surface area contributed by atoms with Gasteiger partial charge in [-0.25, -0.2) is 4.79 Å². The normalized spacial score (nSPS) is 22.1. The van der Waals surface area contributed by atoms with Gasteiger partial charge in [0.2, 0.25) is 17.6 Å². The van der Waals surface area contributed by atoms with Gasteiger partial charge in [0.1, 0.15) is 12.1 Å². The van der Waals surface area contributed by atoms with E-state index in [2.05, 4.69) is 16.0 Å². The number of carbonyl (C=O) groups excluding carboxylic acids is 5. The predicted molar refractivity (Wildman–Crippen MR) is 137 cm³/mol. The Balaban J connectivity index is 2.31. The lowest BCUT2D eigenvalue weighted by atomic mass is 9.84. The first kappa shape index (κ1) is 29.6. The summed E-state index contributed by atoms with van der Waals surface area (Å²) < 4.78 is 0. The van der Waals surface area contributed by atoms with Crippen LogP contribution in [0, 0.1) is 23.2 Å². The zero-order valence-electron chi connectivity index (χ0n) is 23.1. The number of ketones is 1. The summed E-state index contributed by atoms with van der Waals surface area (Å²) in [6.45, 7) is 15.4. The van der Waals surface area contributed by atoms with E-state index in [0.717, 1.165) is 12.8 Å². The summed E-state index contributed by atoms with van der Waals surface area (Å²) in [6, 6.07) is -3.16. The molecule has 5 N–H and O–H groups in total. The smallest absolute Gasteiger partial charge is 0.315 e. The minimum absolute atomic E-state index is 0.0949. The highest BCUT2D eigenvalue weighted by Gasteiger charge is 2.48. The highest BCUT2D eigenvalue weighted by molar-refractivity contribution is 6.37. The summed E-state index contributed by atoms with van der Waals surface area (Å²) in [5.41, 5.74) is 4.13. The standard InChI is InChI=1S/C26H45N5O5/c1-14(2)16-11-12-31(23(35)20(25(3,4)5)29-24(36)30-26(6,7)8)18(16)22(34)28-17(13-15-9-10-15)19(32)21(27)33/h14-18,20H,9-13H2,1-8H3,(H2,27,33)(H,28,34)(H2,29,30,36)/t16?,17?,18?,20-/m1/s1. The molecule has 10 nitrogen and oxygen atoms in total. The van der Waals surface area contributed by atoms with Crippen molar-refractivity contribution >= 4 is 29.5 Å². The van der Waals surface area contributed by atoms with Gasteiger partial charge in [-0.3, -0.25) is 19.2 Å². The monoisotopic (exact) mass is 507 g/mol. The van der Waals surface area contributed by atoms with Gasteiger partial charge >= 0.3 is 6.03 Å². The number of urea groups is 1. The van der Waals surface area contributed by atoms with E-state index in [1.54, 1.807) is 0 Å². The predicted octanol–water partition coefficient (Wildman–Crippen LogP) is 1.71. The lowest BCUT2D eigenvalue weighted by Crippen LogP contribution is -2.61. The van der Waals surface area contributed by atoms with Crippen LogP contribution in [-0.4, -0.2) is 64.6 Å². The third kappa shape index (κ3) is 7.93. The summed E-state index contributed by atoms with van der Waals surface area (Å²) >= 11 is 0. The van der Waals surface area contributed by atoms with Crippen molar-refractivity contribution in [3.8, 4) is 0 Å². The molecule has 1 aliphatic carbocycles. The van der Waals surface area contributed by atoms with E-state index >= 15 is 0 Å². The van der Waals surface area contributed by atoms with Crippen LogP contribution in [0.2, 0.25) is 0 Å². The molecule has 0 radical (unpaired) electrons. The van der Waals surface area contributed by atoms with Crippen molar-refractivity contribution in [3.05, 3.63) is 0 Å². The van der Waals surface area contributed by atoms with E-state index in [9.17, 15) is 24.0 Å². The maximum Gasteiger partial charge on any atom is 0.315 e. The van der Waals surface area contributed by atoms with Crippen LogP contribution in [0.4, 0.5) is 4.79 Å². The number of carbonyl (C=O) groups is 5. The number of primary amides is 1. The SMILES string of the molecule is CC(C)C1CCN(C(=O)[C@@H](NC(=O)NC(C)(C)C)C(C)(C)C)C1C(=O)NC(CC1CC1)C(=O)C(N)=O. The first-order valence-corrected chi connectivity index (χ1v) is 13.0. The lowest BCUT2D eigenvalue weighted by molar-refractivity contribution is -0.144. The topological polar surface area (TPSA) is 151 Å². The van der Waals surface area contributed by atoms with Crippen LogP contribution in [0.3, 0.4) is 0 Å². The first-order chi connectivity index (χ1) is 16.4. The Labute approximate surface area is 214 Å². The van der Waals surface area contributed by atoms with Crippen LogP contribution >= 0.6 is 0 Å². The van der Waals surface area contributed by atoms with E-state index in [1.807, 2.05) is 55.4 Å². The fraction of sp³-hybridized carbons (Fsp3) is 0.808. The molecule has 1 aliphatic heterocycles. The Bertz CT molecular complexity index is 869. The summed E-state index contributed by atoms with van der Waals surface area (Å²) in [6.07, 6.45) is 2.86. The fourth-order valence-electron chi connectivity index (χ4n) is 4.77. The average Bonchev–Trinajstić information content (AvgIpc) is 3.41. The Morgan fingerprint density at radius 1 is 0.944 bits per heavy atom. The molecule has 0 aromatic carbocycles. The van der Waals surface area contributed by atoms with E-state index in [4.69, 9.17) is 5.73 Å². The zero-order valence-corrected chi connectivity index (χ0v) is 23.1. The third-order valence-corrected chi connectivity index (χ3v) is 6.87. The molecule has 1 saturated heterocycles. The van der Waals surface area contributed by atoms with E-state index < -0.39 is 52.7 Å². The lowest BCUT2D eigenvalue weighted by Gasteiger charge is -2.37. The fourth-order valence-corrected chi connectivity index (χ4v) is 4.77. The van der Waals surface area contributed by atoms with Gasteiger partial charge in [0, 0.05) is 12.1 Å². The molecule has 2 rings (SSSR count). The number of nitrogens with one attached hydrogen (secondary N) is 3. The Kier molecular flexibility index (Phi) is 9.18. The van der Waals surface area contributed by atoms with Crippen molar-refractivity contribution in [2.24, 2.45) is 28.9 Å². The molecule has 0 bridgehead atoms. The number of hydrogen-bond donors (Lipinski definition) is 4. The second kappa shape index (κ2) is 11.2. The zero-order chi connectivity index (χ0) is 27.6. The molecule has 2 aliphatic rings. The van der Waals surface area contributed by atoms with Gasteiger partial charge in [-0.15, -0.1) is 0 Å². The Hall–Kier alpha value is -2.65. The molecule has 5 amide bonds. The van der Waals surface area contributed by atoms with Gasteiger partial charge in [-0.05, 0) is 56.8 Å². The second-order valence-electron chi connectivity index (χ2n) is 12.8. The molecule has 1 saturated carbocycles. The molecule has 1 heterocycles. The molecular weight excluding hydrogens is 462 g/mol. The summed E-state index contributed by atoms with van der Waals surface area (Å²) in [4.78, 5) is 65.7. The molecule has 0 spiro atoms. The van der Waals surface area contributed by atoms with Crippen molar-refractivity contribution in [2.45, 2.75) is 105 Å². The third-order valence-electron chi connectivity index (χ3n) is 6.87. The van der Waals surface area contributed by atoms with Gasteiger partial charge in [-0.1, -0.05) is 47.5 Å². The first-order valence-electron chi connectivity index (χ1n) is 13.0. The van der Waals surface area contributed by atoms with Crippen molar-refractivity contribution in [1.29, 1.82) is 0 Å². The number of amides is 5. The molecule has 3 unspecified atom stereocenters. The molecule has 36 heavy (non-hydrogen) atoms. The average molecular weight is 508 g/mol. The van der Waals surface area contributed by atoms with Crippen LogP contribution < -0.4 is 21.7 Å². The minimum atomic E-state index is -1.08. The number of Topliss-reactive ketones (excluding diaryl/α,β-unsaturated/α-hetero) is 1. The van der Waals surface area contributed by atoms with Gasteiger partial charge in [-0.2, -0.15) is 0 Å². The molecule has 2 fully saturated rings. The maximum atomic E-state index is 13.9. The minimum Gasteiger partial charge on any atom is -0.363 e. The van der Waals surface area contributed by atoms with Crippen molar-refractivity contribution in [3.63, 3.8) is 0 Å². The van der Waals surface area contributed by atoms with Crippen molar-refractivity contribution < 1.29 is 24.0 Å². The van der Waals surface area contributed by atoms with Crippen LogP contribution in [0.15, 0.2) is 0 Å². The molecular formula is C26H45N5O5. The van der Waals surface area contributed by atoms with Gasteiger partial charge in [0.05, 0.1) is 6.04 Å². The molecule has 10 heteroatoms. The van der Waals surface area contributed by atoms with Gasteiger partial charge in [0.25, 0.3) is 5.91 Å². The Morgan fingerprint density at radius 3 is 1.97 bits per heavy atom. The van der Waals surface area contributed by atoms with Crippen LogP contribution in [0.25, 0.3) is 0 Å². The summed E-state index contributed by atoms with van der Waals surface area (Å²) in [5.74, 6) is -2.48. The Morgan fingerprint density at radius 2 is 1.53 bits per heavy atom. The highest BCUT2D eigenvalue weighted by atomic mass is 16.2. The van der Waals surface area contributed by atoms with Crippen molar-refractivity contribution in [1.82, 2.24) is 20.9 Å². The maximum absolute atomic E-state index is 13.9. The molecule has 0 aromatic rings. The number of nitrogens with zero attached hydrogens (tertiary/aromatic N) is 1. The largest absolute Gasteiger partial charge is 0.363 e. The highest BCUT2D eigenvalue weighted by Crippen LogP contribution is 2.35. The van der Waals surface area contributed by atoms with Gasteiger partial charge in [0.15, 0.2) is 0 Å². The molecule has 0 aromatic heterocycles. The van der Waals surface area contributed by atoms with Crippen LogP contribution in [0.1, 0.15) is 81.1 Å². The number of hydrogen-bond acceptors (Lipinski definition) is 5. The summed E-state index contributed by atoms with van der Waals surface area (Å²) in [5, 5.41) is 8.38. The molecule has 4 atom stereocenters. The molecule has 204 valence electrons. The summed E-state index contributed by atoms with van der Waals surface area (Å²) in [7, 11) is 0.